The Hall–Kier alpha value is -0.680. The minimum absolute atomic E-state index is 0.414. The van der Waals surface area contributed by atoms with Crippen molar-refractivity contribution in [3.8, 4) is 6.07 Å². The summed E-state index contributed by atoms with van der Waals surface area (Å²) >= 11 is 6.20. The number of hydrogen-bond donors (Lipinski definition) is 0. The van der Waals surface area contributed by atoms with Crippen molar-refractivity contribution in [1.82, 2.24) is 4.90 Å². The van der Waals surface area contributed by atoms with Gasteiger partial charge < -0.3 is 4.90 Å². The van der Waals surface area contributed by atoms with Crippen LogP contribution in [0.25, 0.3) is 0 Å². The normalized spacial score (nSPS) is 42.4. The molecule has 0 heterocycles. The van der Waals surface area contributed by atoms with Crippen molar-refractivity contribution >= 4 is 11.6 Å². The molecule has 3 heteroatoms. The van der Waals surface area contributed by atoms with Crippen LogP contribution in [0.1, 0.15) is 32.1 Å². The number of nitrogens with zero attached hydrogens (tertiary/aromatic N) is 2. The van der Waals surface area contributed by atoms with Crippen LogP contribution in [0.5, 0.6) is 0 Å². The van der Waals surface area contributed by atoms with Gasteiger partial charge in [-0.1, -0.05) is 11.6 Å². The lowest BCUT2D eigenvalue weighted by Crippen LogP contribution is -2.47. The van der Waals surface area contributed by atoms with Gasteiger partial charge in [0.05, 0.1) is 0 Å². The molecule has 4 rings (SSSR count). The van der Waals surface area contributed by atoms with Crippen LogP contribution in [0.4, 0.5) is 0 Å². The Balaban J connectivity index is 1.94. The summed E-state index contributed by atoms with van der Waals surface area (Å²) in [7, 11) is 4.06. The lowest BCUT2D eigenvalue weighted by atomic mass is 9.51. The quantitative estimate of drug-likeness (QED) is 0.713. The molecule has 4 bridgehead atoms. The maximum absolute atomic E-state index is 9.14. The zero-order chi connectivity index (χ0) is 12.9. The highest BCUT2D eigenvalue weighted by atomic mass is 35.5. The molecule has 0 aromatic heterocycles. The van der Waals surface area contributed by atoms with Crippen molar-refractivity contribution in [2.24, 2.45) is 29.6 Å². The topological polar surface area (TPSA) is 27.0 Å². The second-order valence-electron chi connectivity index (χ2n) is 6.66. The van der Waals surface area contributed by atoms with E-state index in [1.165, 1.54) is 32.1 Å². The molecule has 0 aliphatic heterocycles. The Bertz CT molecular complexity index is 391. The summed E-state index contributed by atoms with van der Waals surface area (Å²) in [5, 5.41) is 9.56. The average molecular weight is 265 g/mol. The van der Waals surface area contributed by atoms with E-state index < -0.39 is 0 Å². The van der Waals surface area contributed by atoms with E-state index in [0.717, 1.165) is 29.4 Å². The molecule has 18 heavy (non-hydrogen) atoms. The molecular formula is C15H21ClN2. The second kappa shape index (κ2) is 4.46. The monoisotopic (exact) mass is 264 g/mol. The summed E-state index contributed by atoms with van der Waals surface area (Å²) in [6, 6.07) is 2.16. The summed E-state index contributed by atoms with van der Waals surface area (Å²) in [4.78, 5) is 2.08. The summed E-state index contributed by atoms with van der Waals surface area (Å²) in [6.45, 7) is 0. The molecule has 98 valence electrons. The van der Waals surface area contributed by atoms with Crippen LogP contribution in [-0.4, -0.2) is 19.0 Å². The van der Waals surface area contributed by atoms with Crippen molar-refractivity contribution in [2.45, 2.75) is 32.1 Å². The predicted octanol–water partition coefficient (Wildman–Crippen LogP) is 3.59. The van der Waals surface area contributed by atoms with Crippen LogP contribution in [0.3, 0.4) is 0 Å². The lowest BCUT2D eigenvalue weighted by Gasteiger charge is -2.55. The van der Waals surface area contributed by atoms with Crippen molar-refractivity contribution in [1.29, 1.82) is 5.26 Å². The van der Waals surface area contributed by atoms with Crippen molar-refractivity contribution in [3.05, 3.63) is 10.7 Å². The van der Waals surface area contributed by atoms with Gasteiger partial charge in [0.2, 0.25) is 0 Å². The first kappa shape index (κ1) is 12.4. The van der Waals surface area contributed by atoms with Gasteiger partial charge in [-0.2, -0.15) is 5.26 Å². The van der Waals surface area contributed by atoms with Crippen LogP contribution in [0, 0.1) is 40.9 Å². The van der Waals surface area contributed by atoms with Crippen molar-refractivity contribution < 1.29 is 0 Å². The number of nitriles is 1. The smallest absolute Gasteiger partial charge is 0.137 e. The summed E-state index contributed by atoms with van der Waals surface area (Å²) < 4.78 is 0. The van der Waals surface area contributed by atoms with E-state index in [9.17, 15) is 0 Å². The molecule has 2 nitrogen and oxygen atoms in total. The van der Waals surface area contributed by atoms with Gasteiger partial charge in [0.1, 0.15) is 11.1 Å². The fraction of sp³-hybridized carbons (Fsp3) is 0.800. The molecule has 0 saturated heterocycles. The fourth-order valence-electron chi connectivity index (χ4n) is 5.07. The minimum atomic E-state index is 0.414. The Labute approximate surface area is 115 Å². The maximum atomic E-state index is 9.14. The number of rotatable bonds is 2. The number of allylic oxidation sites excluding steroid dienone is 2. The average Bonchev–Trinajstić information content (AvgIpc) is 2.31. The lowest BCUT2D eigenvalue weighted by molar-refractivity contribution is -0.0286. The van der Waals surface area contributed by atoms with Gasteiger partial charge in [-0.25, -0.2) is 0 Å². The molecule has 4 saturated carbocycles. The third kappa shape index (κ3) is 1.84. The van der Waals surface area contributed by atoms with Gasteiger partial charge >= 0.3 is 0 Å². The van der Waals surface area contributed by atoms with E-state index in [1.54, 1.807) is 0 Å². The largest absolute Gasteiger partial charge is 0.379 e. The predicted molar refractivity (Wildman–Crippen MR) is 72.7 cm³/mol. The van der Waals surface area contributed by atoms with E-state index in [2.05, 4.69) is 11.0 Å². The molecule has 4 aliphatic carbocycles. The molecular weight excluding hydrogens is 244 g/mol. The SMILES string of the molecule is CN(C)/C(=C(/Cl)C#N)C1C2CC3CC(C2)CC1C3. The van der Waals surface area contributed by atoms with Crippen LogP contribution in [0.2, 0.25) is 0 Å². The van der Waals surface area contributed by atoms with E-state index >= 15 is 0 Å². The number of hydrogen-bond acceptors (Lipinski definition) is 2. The first-order valence-electron chi connectivity index (χ1n) is 7.07. The fourth-order valence-corrected chi connectivity index (χ4v) is 5.36. The molecule has 0 amide bonds. The van der Waals surface area contributed by atoms with E-state index in [-0.39, 0.29) is 0 Å². The Morgan fingerprint density at radius 1 is 1.06 bits per heavy atom. The van der Waals surface area contributed by atoms with Crippen LogP contribution in [0.15, 0.2) is 10.7 Å². The Morgan fingerprint density at radius 3 is 1.94 bits per heavy atom. The second-order valence-corrected chi connectivity index (χ2v) is 7.04. The van der Waals surface area contributed by atoms with Gasteiger partial charge in [0.15, 0.2) is 0 Å². The van der Waals surface area contributed by atoms with Gasteiger partial charge in [-0.15, -0.1) is 0 Å². The van der Waals surface area contributed by atoms with Crippen LogP contribution in [-0.2, 0) is 0 Å². The number of halogens is 1. The Kier molecular flexibility index (Phi) is 3.06. The highest BCUT2D eigenvalue weighted by Gasteiger charge is 2.50. The van der Waals surface area contributed by atoms with Crippen LogP contribution < -0.4 is 0 Å². The van der Waals surface area contributed by atoms with Gasteiger partial charge in [-0.05, 0) is 55.8 Å². The molecule has 0 radical (unpaired) electrons. The van der Waals surface area contributed by atoms with Gasteiger partial charge in [0.25, 0.3) is 0 Å². The molecule has 0 unspecified atom stereocenters. The molecule has 0 spiro atoms. The third-order valence-electron chi connectivity index (χ3n) is 5.35. The highest BCUT2D eigenvalue weighted by molar-refractivity contribution is 6.32. The van der Waals surface area contributed by atoms with Crippen molar-refractivity contribution in [3.63, 3.8) is 0 Å². The maximum Gasteiger partial charge on any atom is 0.137 e. The van der Waals surface area contributed by atoms with E-state index in [0.29, 0.717) is 11.0 Å². The van der Waals surface area contributed by atoms with Gasteiger partial charge in [-0.3, -0.25) is 0 Å². The zero-order valence-corrected chi connectivity index (χ0v) is 12.0. The molecule has 0 N–H and O–H groups in total. The van der Waals surface area contributed by atoms with E-state index in [4.69, 9.17) is 16.9 Å². The highest BCUT2D eigenvalue weighted by Crippen LogP contribution is 2.58. The third-order valence-corrected chi connectivity index (χ3v) is 5.63. The summed E-state index contributed by atoms with van der Waals surface area (Å²) in [5.74, 6) is 4.03. The molecule has 0 atom stereocenters. The first-order valence-corrected chi connectivity index (χ1v) is 7.45. The standard InChI is InChI=1S/C15H21ClN2/c1-18(2)15(13(16)8-17)14-11-4-9-3-10(6-11)7-12(14)5-9/h9-12,14H,3-7H2,1-2H3/b15-13+. The van der Waals surface area contributed by atoms with Crippen molar-refractivity contribution in [2.75, 3.05) is 14.1 Å². The zero-order valence-electron chi connectivity index (χ0n) is 11.2. The van der Waals surface area contributed by atoms with Crippen LogP contribution >= 0.6 is 11.6 Å². The Morgan fingerprint density at radius 2 is 1.56 bits per heavy atom. The molecule has 0 aromatic carbocycles. The minimum Gasteiger partial charge on any atom is -0.379 e. The van der Waals surface area contributed by atoms with E-state index in [1.807, 2.05) is 14.1 Å². The first-order chi connectivity index (χ1) is 8.60. The van der Waals surface area contributed by atoms with Gasteiger partial charge in [0, 0.05) is 25.7 Å². The molecule has 4 aliphatic rings. The molecule has 0 aromatic rings. The summed E-state index contributed by atoms with van der Waals surface area (Å²) in [6.07, 6.45) is 6.93. The molecule has 4 fully saturated rings. The summed E-state index contributed by atoms with van der Waals surface area (Å²) in [5.41, 5.74) is 1.10.